The first kappa shape index (κ1) is 16.4. The number of urea groups is 1. The Bertz CT molecular complexity index is 473. The van der Waals surface area contributed by atoms with Crippen molar-refractivity contribution < 1.29 is 14.7 Å². The number of hydrogen-bond acceptors (Lipinski definition) is 4. The lowest BCUT2D eigenvalue weighted by Gasteiger charge is -2.22. The van der Waals surface area contributed by atoms with Crippen molar-refractivity contribution in [1.82, 2.24) is 15.2 Å². The van der Waals surface area contributed by atoms with Gasteiger partial charge in [0.25, 0.3) is 0 Å². The molecule has 0 saturated heterocycles. The van der Waals surface area contributed by atoms with Crippen LogP contribution in [0.25, 0.3) is 0 Å². The summed E-state index contributed by atoms with van der Waals surface area (Å²) in [6.07, 6.45) is 0.870. The second-order valence-corrected chi connectivity index (χ2v) is 5.89. The molecule has 2 amide bonds. The average Bonchev–Trinajstić information content (AvgIpc) is 2.82. The third-order valence-electron chi connectivity index (χ3n) is 2.86. The van der Waals surface area contributed by atoms with Gasteiger partial charge in [0.2, 0.25) is 0 Å². The van der Waals surface area contributed by atoms with E-state index < -0.39 is 18.0 Å². The Labute approximate surface area is 122 Å². The highest BCUT2D eigenvalue weighted by atomic mass is 32.1. The van der Waals surface area contributed by atoms with E-state index in [-0.39, 0.29) is 5.92 Å². The fraction of sp³-hybridized carbons (Fsp3) is 0.615. The second-order valence-electron chi connectivity index (χ2n) is 4.95. The number of aliphatic carboxylic acids is 1. The first-order valence-electron chi connectivity index (χ1n) is 6.52. The summed E-state index contributed by atoms with van der Waals surface area (Å²) < 4.78 is 0. The molecule has 1 aromatic heterocycles. The number of amides is 2. The van der Waals surface area contributed by atoms with E-state index in [4.69, 9.17) is 5.11 Å². The van der Waals surface area contributed by atoms with Gasteiger partial charge in [0.15, 0.2) is 0 Å². The van der Waals surface area contributed by atoms with Gasteiger partial charge in [0.05, 0.1) is 17.2 Å². The molecule has 0 aliphatic carbocycles. The molecule has 0 bridgehead atoms. The minimum Gasteiger partial charge on any atom is -0.480 e. The highest BCUT2D eigenvalue weighted by molar-refractivity contribution is 7.09. The monoisotopic (exact) mass is 299 g/mol. The van der Waals surface area contributed by atoms with Crippen molar-refractivity contribution in [1.29, 1.82) is 0 Å². The molecule has 0 aliphatic rings. The Hall–Kier alpha value is -1.63. The summed E-state index contributed by atoms with van der Waals surface area (Å²) in [5, 5.41) is 14.5. The molecule has 7 heteroatoms. The average molecular weight is 299 g/mol. The number of hydrogen-bond donors (Lipinski definition) is 2. The summed E-state index contributed by atoms with van der Waals surface area (Å²) in [7, 11) is 1.62. The number of thiazole rings is 1. The van der Waals surface area contributed by atoms with E-state index in [2.05, 4.69) is 10.3 Å². The first-order valence-corrected chi connectivity index (χ1v) is 7.40. The summed E-state index contributed by atoms with van der Waals surface area (Å²) in [6, 6.07) is -1.29. The van der Waals surface area contributed by atoms with Crippen LogP contribution >= 0.6 is 11.3 Å². The van der Waals surface area contributed by atoms with Gasteiger partial charge < -0.3 is 15.3 Å². The Morgan fingerprint density at radius 2 is 2.15 bits per heavy atom. The summed E-state index contributed by atoms with van der Waals surface area (Å²) in [4.78, 5) is 28.8. The number of nitrogens with one attached hydrogen (secondary N) is 1. The van der Waals surface area contributed by atoms with Gasteiger partial charge in [-0.15, -0.1) is 11.3 Å². The molecule has 0 saturated carbocycles. The van der Waals surface area contributed by atoms with E-state index in [0.29, 0.717) is 6.54 Å². The third kappa shape index (κ3) is 4.48. The lowest BCUT2D eigenvalue weighted by atomic mass is 10.1. The van der Waals surface area contributed by atoms with Crippen molar-refractivity contribution in [2.45, 2.75) is 39.8 Å². The Morgan fingerprint density at radius 3 is 2.60 bits per heavy atom. The van der Waals surface area contributed by atoms with Crippen LogP contribution in [0.15, 0.2) is 5.38 Å². The number of carbonyl (C=O) groups is 2. The van der Waals surface area contributed by atoms with Crippen LogP contribution in [-0.2, 0) is 17.8 Å². The van der Waals surface area contributed by atoms with Crippen molar-refractivity contribution in [3.63, 3.8) is 0 Å². The van der Waals surface area contributed by atoms with E-state index in [1.165, 1.54) is 4.90 Å². The number of aryl methyl sites for hydroxylation is 1. The van der Waals surface area contributed by atoms with Crippen molar-refractivity contribution in [3.05, 3.63) is 16.1 Å². The van der Waals surface area contributed by atoms with Gasteiger partial charge in [-0.25, -0.2) is 14.6 Å². The Kier molecular flexibility index (Phi) is 5.94. The molecule has 112 valence electrons. The summed E-state index contributed by atoms with van der Waals surface area (Å²) >= 11 is 1.56. The van der Waals surface area contributed by atoms with Gasteiger partial charge in [0, 0.05) is 12.4 Å². The van der Waals surface area contributed by atoms with Gasteiger partial charge in [-0.3, -0.25) is 0 Å². The largest absolute Gasteiger partial charge is 0.480 e. The molecule has 2 N–H and O–H groups in total. The number of aromatic nitrogens is 1. The number of carboxylic acids is 1. The van der Waals surface area contributed by atoms with Crippen LogP contribution in [0.3, 0.4) is 0 Å². The Balaban J connectivity index is 2.60. The van der Waals surface area contributed by atoms with Crippen LogP contribution in [0.2, 0.25) is 0 Å². The van der Waals surface area contributed by atoms with Gasteiger partial charge >= 0.3 is 12.0 Å². The molecule has 1 unspecified atom stereocenters. The minimum absolute atomic E-state index is 0.171. The number of nitrogens with zero attached hydrogens (tertiary/aromatic N) is 2. The fourth-order valence-corrected chi connectivity index (χ4v) is 2.39. The molecule has 0 aliphatic heterocycles. The van der Waals surface area contributed by atoms with Crippen LogP contribution in [-0.4, -0.2) is 40.1 Å². The standard InChI is InChI=1S/C13H21N3O3S/c1-5-10-14-9(7-20-10)6-16(4)13(19)15-11(8(2)3)12(17)18/h7-8,11H,5-6H2,1-4H3,(H,15,19)(H,17,18). The fourth-order valence-electron chi connectivity index (χ4n) is 1.66. The molecule has 1 rings (SSSR count). The van der Waals surface area contributed by atoms with Crippen LogP contribution in [0, 0.1) is 5.92 Å². The maximum Gasteiger partial charge on any atom is 0.326 e. The van der Waals surface area contributed by atoms with Gasteiger partial charge in [0.1, 0.15) is 6.04 Å². The summed E-state index contributed by atoms with van der Waals surface area (Å²) in [6.45, 7) is 5.91. The number of rotatable bonds is 6. The normalized spacial score (nSPS) is 12.2. The lowest BCUT2D eigenvalue weighted by Crippen LogP contribution is -2.48. The van der Waals surface area contributed by atoms with E-state index in [1.807, 2.05) is 12.3 Å². The predicted octanol–water partition coefficient (Wildman–Crippen LogP) is 1.96. The Morgan fingerprint density at radius 1 is 1.50 bits per heavy atom. The van der Waals surface area contributed by atoms with E-state index in [0.717, 1.165) is 17.1 Å². The van der Waals surface area contributed by atoms with Gasteiger partial charge in [-0.1, -0.05) is 20.8 Å². The minimum atomic E-state index is -1.02. The maximum atomic E-state index is 12.0. The quantitative estimate of drug-likeness (QED) is 0.841. The third-order valence-corrected chi connectivity index (χ3v) is 3.90. The second kappa shape index (κ2) is 7.23. The zero-order chi connectivity index (χ0) is 15.3. The van der Waals surface area contributed by atoms with E-state index >= 15 is 0 Å². The van der Waals surface area contributed by atoms with Crippen molar-refractivity contribution in [2.24, 2.45) is 5.92 Å². The smallest absolute Gasteiger partial charge is 0.326 e. The maximum absolute atomic E-state index is 12.0. The van der Waals surface area contributed by atoms with Gasteiger partial charge in [-0.05, 0) is 12.3 Å². The molecular formula is C13H21N3O3S. The number of carbonyl (C=O) groups excluding carboxylic acids is 1. The molecule has 0 radical (unpaired) electrons. The molecule has 1 atom stereocenters. The molecule has 1 aromatic rings. The first-order chi connectivity index (χ1) is 9.35. The van der Waals surface area contributed by atoms with Crippen LogP contribution < -0.4 is 5.32 Å². The molecule has 0 aromatic carbocycles. The molecule has 1 heterocycles. The predicted molar refractivity (Wildman–Crippen MR) is 77.8 cm³/mol. The van der Waals surface area contributed by atoms with Crippen molar-refractivity contribution in [3.8, 4) is 0 Å². The summed E-state index contributed by atoms with van der Waals surface area (Å²) in [5.74, 6) is -1.19. The highest BCUT2D eigenvalue weighted by Crippen LogP contribution is 2.12. The molecular weight excluding hydrogens is 278 g/mol. The molecule has 20 heavy (non-hydrogen) atoms. The highest BCUT2D eigenvalue weighted by Gasteiger charge is 2.24. The lowest BCUT2D eigenvalue weighted by molar-refractivity contribution is -0.140. The van der Waals surface area contributed by atoms with Gasteiger partial charge in [-0.2, -0.15) is 0 Å². The van der Waals surface area contributed by atoms with Crippen LogP contribution in [0.4, 0.5) is 4.79 Å². The molecule has 0 fully saturated rings. The zero-order valence-electron chi connectivity index (χ0n) is 12.2. The van der Waals surface area contributed by atoms with Crippen molar-refractivity contribution >= 4 is 23.3 Å². The van der Waals surface area contributed by atoms with Crippen molar-refractivity contribution in [2.75, 3.05) is 7.05 Å². The SMILES string of the molecule is CCc1nc(CN(C)C(=O)NC(C(=O)O)C(C)C)cs1. The number of carboxylic acid groups (broad SMARTS) is 1. The summed E-state index contributed by atoms with van der Waals surface area (Å²) in [5.41, 5.74) is 0.820. The van der Waals surface area contributed by atoms with Crippen LogP contribution in [0.1, 0.15) is 31.5 Å². The van der Waals surface area contributed by atoms with E-state index in [9.17, 15) is 9.59 Å². The zero-order valence-corrected chi connectivity index (χ0v) is 13.0. The molecule has 0 spiro atoms. The van der Waals surface area contributed by atoms with Crippen LogP contribution in [0.5, 0.6) is 0 Å². The molecule has 6 nitrogen and oxygen atoms in total. The van der Waals surface area contributed by atoms with E-state index in [1.54, 1.807) is 32.2 Å². The topological polar surface area (TPSA) is 82.5 Å².